The van der Waals surface area contributed by atoms with E-state index < -0.39 is 29.8 Å². The summed E-state index contributed by atoms with van der Waals surface area (Å²) in [5.41, 5.74) is -0.509. The summed E-state index contributed by atoms with van der Waals surface area (Å²) in [6, 6.07) is 13.1. The highest BCUT2D eigenvalue weighted by Crippen LogP contribution is 2.34. The Balaban J connectivity index is 1.64. The Morgan fingerprint density at radius 2 is 1.79 bits per heavy atom. The van der Waals surface area contributed by atoms with Gasteiger partial charge in [-0.3, -0.25) is 9.13 Å². The Labute approximate surface area is 219 Å². The molecule has 0 saturated heterocycles. The third-order valence-electron chi connectivity index (χ3n) is 6.26. The molecule has 0 spiro atoms. The summed E-state index contributed by atoms with van der Waals surface area (Å²) in [4.78, 5) is 22.4. The van der Waals surface area contributed by atoms with Crippen LogP contribution in [0.4, 0.5) is 23.5 Å². The molecule has 0 unspecified atom stereocenters. The molecule has 2 aromatic carbocycles. The van der Waals surface area contributed by atoms with Crippen LogP contribution in [0.2, 0.25) is 0 Å². The fraction of sp³-hybridized carbons (Fsp3) is 0.222. The Morgan fingerprint density at radius 3 is 2.44 bits per heavy atom. The maximum atomic E-state index is 13.7. The predicted octanol–water partition coefficient (Wildman–Crippen LogP) is 5.53. The van der Waals surface area contributed by atoms with Crippen LogP contribution < -0.4 is 15.7 Å². The van der Waals surface area contributed by atoms with Crippen LogP contribution in [0.25, 0.3) is 22.6 Å². The number of aromatic nitrogens is 4. The van der Waals surface area contributed by atoms with E-state index in [-0.39, 0.29) is 22.7 Å². The molecular weight excluding hydrogens is 518 g/mol. The molecule has 0 aliphatic heterocycles. The summed E-state index contributed by atoms with van der Waals surface area (Å²) in [5, 5.41) is 3.11. The Hall–Kier alpha value is -4.61. The molecule has 0 fully saturated rings. The van der Waals surface area contributed by atoms with Crippen molar-refractivity contribution in [2.75, 3.05) is 12.4 Å². The minimum atomic E-state index is -4.82. The van der Waals surface area contributed by atoms with Gasteiger partial charge in [0.15, 0.2) is 11.4 Å². The Bertz CT molecular complexity index is 1720. The zero-order valence-electron chi connectivity index (χ0n) is 21.1. The van der Waals surface area contributed by atoms with E-state index in [2.05, 4.69) is 15.3 Å². The number of aryl methyl sites for hydroxylation is 2. The van der Waals surface area contributed by atoms with Crippen molar-refractivity contribution in [3.8, 4) is 17.2 Å². The van der Waals surface area contributed by atoms with Gasteiger partial charge in [-0.2, -0.15) is 18.2 Å². The number of alkyl halides is 3. The SMILES string of the molecule is COc1ccc(CNc2nc(-c3ccc(C)o3)c3c(n2)n(Cc2ccc(F)cc2C(F)(F)F)c(=O)n3C)cc1. The molecule has 0 aliphatic rings. The van der Waals surface area contributed by atoms with Crippen LogP contribution in [0.5, 0.6) is 5.75 Å². The lowest BCUT2D eigenvalue weighted by atomic mass is 10.1. The van der Waals surface area contributed by atoms with E-state index in [0.717, 1.165) is 22.3 Å². The van der Waals surface area contributed by atoms with E-state index in [0.29, 0.717) is 35.6 Å². The number of halogens is 4. The van der Waals surface area contributed by atoms with Gasteiger partial charge in [-0.15, -0.1) is 0 Å². The second-order valence-electron chi connectivity index (χ2n) is 8.91. The average Bonchev–Trinajstić information content (AvgIpc) is 3.44. The molecule has 0 aliphatic carbocycles. The first-order valence-electron chi connectivity index (χ1n) is 11.8. The largest absolute Gasteiger partial charge is 0.497 e. The normalized spacial score (nSPS) is 11.8. The summed E-state index contributed by atoms with van der Waals surface area (Å²) >= 11 is 0. The first-order valence-corrected chi connectivity index (χ1v) is 11.8. The number of hydrogen-bond donors (Lipinski definition) is 1. The molecule has 202 valence electrons. The minimum absolute atomic E-state index is 0.0937. The fourth-order valence-electron chi connectivity index (χ4n) is 4.31. The van der Waals surface area contributed by atoms with Crippen LogP contribution in [0.1, 0.15) is 22.5 Å². The van der Waals surface area contributed by atoms with E-state index in [4.69, 9.17) is 9.15 Å². The number of rotatable bonds is 7. The number of imidazole rings is 1. The summed E-state index contributed by atoms with van der Waals surface area (Å²) in [7, 11) is 3.04. The molecule has 3 heterocycles. The smallest absolute Gasteiger partial charge is 0.416 e. The molecular formula is C27H23F4N5O3. The first kappa shape index (κ1) is 26.0. The zero-order valence-corrected chi connectivity index (χ0v) is 21.1. The monoisotopic (exact) mass is 541 g/mol. The minimum Gasteiger partial charge on any atom is -0.497 e. The van der Waals surface area contributed by atoms with Gasteiger partial charge in [-0.25, -0.2) is 14.2 Å². The summed E-state index contributed by atoms with van der Waals surface area (Å²) in [5.74, 6) is 0.767. The third-order valence-corrected chi connectivity index (χ3v) is 6.26. The lowest BCUT2D eigenvalue weighted by Gasteiger charge is -2.14. The molecule has 0 amide bonds. The van der Waals surface area contributed by atoms with Crippen molar-refractivity contribution in [3.63, 3.8) is 0 Å². The van der Waals surface area contributed by atoms with Crippen molar-refractivity contribution >= 4 is 17.1 Å². The Kier molecular flexibility index (Phi) is 6.62. The van der Waals surface area contributed by atoms with Crippen molar-refractivity contribution in [3.05, 3.63) is 93.3 Å². The summed E-state index contributed by atoms with van der Waals surface area (Å²) in [6.07, 6.45) is -4.82. The number of ether oxygens (including phenoxy) is 1. The molecule has 0 saturated carbocycles. The van der Waals surface area contributed by atoms with Crippen LogP contribution >= 0.6 is 0 Å². The van der Waals surface area contributed by atoms with Crippen LogP contribution in [-0.4, -0.2) is 26.2 Å². The molecule has 0 bridgehead atoms. The van der Waals surface area contributed by atoms with E-state index in [1.807, 2.05) is 12.1 Å². The topological polar surface area (TPSA) is 87.1 Å². The van der Waals surface area contributed by atoms with Gasteiger partial charge < -0.3 is 14.5 Å². The highest BCUT2D eigenvalue weighted by molar-refractivity contribution is 5.87. The van der Waals surface area contributed by atoms with Crippen molar-refractivity contribution in [2.24, 2.45) is 7.05 Å². The third kappa shape index (κ3) is 5.09. The number of benzene rings is 2. The number of furan rings is 1. The molecule has 12 heteroatoms. The van der Waals surface area contributed by atoms with Gasteiger partial charge in [0.2, 0.25) is 5.95 Å². The second-order valence-corrected chi connectivity index (χ2v) is 8.91. The van der Waals surface area contributed by atoms with Gasteiger partial charge in [0, 0.05) is 13.6 Å². The summed E-state index contributed by atoms with van der Waals surface area (Å²) < 4.78 is 68.1. The maximum Gasteiger partial charge on any atom is 0.416 e. The molecule has 3 aromatic heterocycles. The number of methoxy groups -OCH3 is 1. The van der Waals surface area contributed by atoms with Crippen LogP contribution in [-0.2, 0) is 26.3 Å². The van der Waals surface area contributed by atoms with E-state index in [1.54, 1.807) is 38.3 Å². The van der Waals surface area contributed by atoms with E-state index >= 15 is 0 Å². The Morgan fingerprint density at radius 1 is 1.05 bits per heavy atom. The average molecular weight is 542 g/mol. The number of hydrogen-bond acceptors (Lipinski definition) is 6. The molecule has 5 aromatic rings. The van der Waals surface area contributed by atoms with E-state index in [1.165, 1.54) is 11.6 Å². The number of nitrogens with zero attached hydrogens (tertiary/aromatic N) is 4. The predicted molar refractivity (Wildman–Crippen MR) is 136 cm³/mol. The van der Waals surface area contributed by atoms with Crippen LogP contribution in [0, 0.1) is 12.7 Å². The van der Waals surface area contributed by atoms with Gasteiger partial charge in [0.05, 0.1) is 19.2 Å². The standard InChI is InChI=1S/C27H23F4N5O3/c1-15-4-11-21(39-15)22-23-24(34-25(33-22)32-13-16-5-9-19(38-3)10-6-16)36(26(37)35(23)2)14-17-7-8-18(28)12-20(17)27(29,30)31/h4-12H,13-14H2,1-3H3,(H,32,33,34). The lowest BCUT2D eigenvalue weighted by Crippen LogP contribution is -2.24. The number of fused-ring (bicyclic) bond motifs is 1. The molecule has 5 rings (SSSR count). The van der Waals surface area contributed by atoms with Crippen molar-refractivity contribution in [1.82, 2.24) is 19.1 Å². The highest BCUT2D eigenvalue weighted by atomic mass is 19.4. The van der Waals surface area contributed by atoms with Crippen molar-refractivity contribution < 1.29 is 26.7 Å². The van der Waals surface area contributed by atoms with Gasteiger partial charge in [0.1, 0.15) is 28.5 Å². The lowest BCUT2D eigenvalue weighted by molar-refractivity contribution is -0.138. The van der Waals surface area contributed by atoms with Gasteiger partial charge in [-0.1, -0.05) is 18.2 Å². The molecule has 1 N–H and O–H groups in total. The first-order chi connectivity index (χ1) is 18.5. The van der Waals surface area contributed by atoms with Crippen LogP contribution in [0.3, 0.4) is 0 Å². The molecule has 0 radical (unpaired) electrons. The van der Waals surface area contributed by atoms with Crippen molar-refractivity contribution in [1.29, 1.82) is 0 Å². The maximum absolute atomic E-state index is 13.7. The second kappa shape index (κ2) is 9.93. The fourth-order valence-corrected chi connectivity index (χ4v) is 4.31. The molecule has 8 nitrogen and oxygen atoms in total. The van der Waals surface area contributed by atoms with Gasteiger partial charge >= 0.3 is 11.9 Å². The van der Waals surface area contributed by atoms with Crippen molar-refractivity contribution in [2.45, 2.75) is 26.2 Å². The quantitative estimate of drug-likeness (QED) is 0.273. The zero-order chi connectivity index (χ0) is 27.9. The van der Waals surface area contributed by atoms with Crippen LogP contribution in [0.15, 0.2) is 63.8 Å². The molecule has 0 atom stereocenters. The number of nitrogens with one attached hydrogen (secondary N) is 1. The molecule has 39 heavy (non-hydrogen) atoms. The highest BCUT2D eigenvalue weighted by Gasteiger charge is 2.34. The summed E-state index contributed by atoms with van der Waals surface area (Å²) in [6.45, 7) is 1.58. The van der Waals surface area contributed by atoms with Gasteiger partial charge in [-0.05, 0) is 54.4 Å². The number of anilines is 1. The van der Waals surface area contributed by atoms with Gasteiger partial charge in [0.25, 0.3) is 0 Å². The van der Waals surface area contributed by atoms with E-state index in [9.17, 15) is 22.4 Å².